The third-order valence-corrected chi connectivity index (χ3v) is 0.681. The van der Waals surface area contributed by atoms with Gasteiger partial charge in [-0.25, -0.2) is 0 Å². The second-order valence-corrected chi connectivity index (χ2v) is 1.23. The van der Waals surface area contributed by atoms with Crippen LogP contribution in [-0.2, 0) is 21.1 Å². The number of rotatable bonds is 0. The average Bonchev–Trinajstić information content (AvgIpc) is 1.69. The second-order valence-electron chi connectivity index (χ2n) is 1.23. The predicted octanol–water partition coefficient (Wildman–Crippen LogP) is 0.372. The van der Waals surface area contributed by atoms with Gasteiger partial charge >= 0.3 is 0 Å². The number of aromatic amines is 1. The number of pyridine rings is 1. The van der Waals surface area contributed by atoms with Crippen LogP contribution in [0.5, 0.6) is 0 Å². The number of hydrogen-bond donors (Lipinski definition) is 1. The van der Waals surface area contributed by atoms with Gasteiger partial charge in [-0.3, -0.25) is 4.79 Å². The quantitative estimate of drug-likeness (QED) is 0.731. The van der Waals surface area contributed by atoms with E-state index in [9.17, 15) is 4.79 Å². The minimum absolute atomic E-state index is 0. The van der Waals surface area contributed by atoms with Gasteiger partial charge in [0.1, 0.15) is 0 Å². The van der Waals surface area contributed by atoms with Gasteiger partial charge < -0.3 is 4.98 Å². The summed E-state index contributed by atoms with van der Waals surface area (Å²) in [6, 6.07) is 4.93. The minimum atomic E-state index is -0.0532. The first-order valence-corrected chi connectivity index (χ1v) is 2.03. The zero-order chi connectivity index (χ0) is 5.11. The molecule has 0 aliphatic carbocycles. The van der Waals surface area contributed by atoms with Gasteiger partial charge in [0.2, 0.25) is 5.56 Å². The summed E-state index contributed by atoms with van der Waals surface area (Å²) in [5.74, 6) is 0. The topological polar surface area (TPSA) is 32.9 Å². The van der Waals surface area contributed by atoms with Gasteiger partial charge in [-0.2, -0.15) is 0 Å². The molecule has 0 unspecified atom stereocenters. The van der Waals surface area contributed by atoms with Crippen LogP contribution in [0.4, 0.5) is 0 Å². The van der Waals surface area contributed by atoms with Crippen molar-refractivity contribution in [3.05, 3.63) is 34.7 Å². The molecule has 0 saturated heterocycles. The van der Waals surface area contributed by atoms with E-state index in [2.05, 4.69) is 4.98 Å². The van der Waals surface area contributed by atoms with Crippen LogP contribution in [0.15, 0.2) is 29.2 Å². The van der Waals surface area contributed by atoms with E-state index in [1.165, 1.54) is 6.07 Å². The maximum atomic E-state index is 10.2. The van der Waals surface area contributed by atoms with Crippen LogP contribution in [0.2, 0.25) is 0 Å². The van der Waals surface area contributed by atoms with Crippen LogP contribution in [0.25, 0.3) is 0 Å². The van der Waals surface area contributed by atoms with Crippen LogP contribution in [0.3, 0.4) is 0 Å². The van der Waals surface area contributed by atoms with Crippen LogP contribution < -0.4 is 5.56 Å². The Morgan fingerprint density at radius 3 is 2.38 bits per heavy atom. The van der Waals surface area contributed by atoms with E-state index in [0.29, 0.717) is 0 Å². The van der Waals surface area contributed by atoms with E-state index in [4.69, 9.17) is 0 Å². The molecule has 0 atom stereocenters. The monoisotopic (exact) mass is 279 g/mol. The van der Waals surface area contributed by atoms with Crippen molar-refractivity contribution in [3.8, 4) is 0 Å². The Bertz CT molecular complexity index is 178. The Kier molecular flexibility index (Phi) is 3.45. The van der Waals surface area contributed by atoms with Gasteiger partial charge in [0.05, 0.1) is 0 Å². The Morgan fingerprint density at radius 1 is 1.38 bits per heavy atom. The predicted molar refractivity (Wildman–Crippen MR) is 27.1 cm³/mol. The second kappa shape index (κ2) is 3.62. The number of hydrogen-bond acceptors (Lipinski definition) is 1. The zero-order valence-corrected chi connectivity index (χ0v) is 7.06. The van der Waals surface area contributed by atoms with Crippen LogP contribution in [0, 0.1) is 0 Å². The molecular weight excluding hydrogens is 274 g/mol. The van der Waals surface area contributed by atoms with E-state index in [1.54, 1.807) is 18.3 Å². The van der Waals surface area contributed by atoms with Crippen LogP contribution >= 0.6 is 0 Å². The van der Waals surface area contributed by atoms with Crippen molar-refractivity contribution in [2.45, 2.75) is 0 Å². The largest absolute Gasteiger partial charge is 0.329 e. The molecule has 0 bridgehead atoms. The van der Waals surface area contributed by atoms with Crippen molar-refractivity contribution < 1.29 is 21.1 Å². The van der Waals surface area contributed by atoms with Crippen molar-refractivity contribution in [1.29, 1.82) is 0 Å². The normalized spacial score (nSPS) is 7.50. The van der Waals surface area contributed by atoms with Crippen LogP contribution in [-0.4, -0.2) is 4.98 Å². The fourth-order valence-corrected chi connectivity index (χ4v) is 0.377. The smallest absolute Gasteiger partial charge is 0.247 e. The van der Waals surface area contributed by atoms with Gasteiger partial charge in [0.25, 0.3) is 0 Å². The Balaban J connectivity index is 0.000000490. The molecular formula is C5H5NOW. The summed E-state index contributed by atoms with van der Waals surface area (Å²) >= 11 is 0. The summed E-state index contributed by atoms with van der Waals surface area (Å²) in [7, 11) is 0. The zero-order valence-electron chi connectivity index (χ0n) is 4.13. The van der Waals surface area contributed by atoms with Crippen molar-refractivity contribution in [2.75, 3.05) is 0 Å². The minimum Gasteiger partial charge on any atom is -0.329 e. The molecule has 1 heterocycles. The third-order valence-electron chi connectivity index (χ3n) is 0.681. The average molecular weight is 279 g/mol. The molecule has 0 spiro atoms. The Labute approximate surface area is 61.2 Å². The number of nitrogens with one attached hydrogen (secondary N) is 1. The molecule has 42 valence electrons. The molecule has 8 heavy (non-hydrogen) atoms. The summed E-state index contributed by atoms with van der Waals surface area (Å²) in [6.07, 6.45) is 1.60. The molecule has 1 rings (SSSR count). The number of H-pyrrole nitrogens is 1. The summed E-state index contributed by atoms with van der Waals surface area (Å²) in [6.45, 7) is 0. The summed E-state index contributed by atoms with van der Waals surface area (Å²) in [4.78, 5) is 12.7. The van der Waals surface area contributed by atoms with Crippen molar-refractivity contribution in [3.63, 3.8) is 0 Å². The third kappa shape index (κ3) is 2.08. The molecule has 0 saturated carbocycles. The maximum absolute atomic E-state index is 10.2. The molecule has 1 N–H and O–H groups in total. The Morgan fingerprint density at radius 2 is 2.12 bits per heavy atom. The first-order valence-electron chi connectivity index (χ1n) is 2.03. The summed E-state index contributed by atoms with van der Waals surface area (Å²) < 4.78 is 0. The summed E-state index contributed by atoms with van der Waals surface area (Å²) in [5.41, 5.74) is -0.0532. The van der Waals surface area contributed by atoms with Gasteiger partial charge in [-0.05, 0) is 6.07 Å². The molecule has 1 aromatic rings. The fraction of sp³-hybridized carbons (Fsp3) is 0. The van der Waals surface area contributed by atoms with Crippen molar-refractivity contribution >= 4 is 0 Å². The molecule has 0 aliphatic heterocycles. The van der Waals surface area contributed by atoms with E-state index < -0.39 is 0 Å². The van der Waals surface area contributed by atoms with E-state index in [1.807, 2.05) is 0 Å². The standard InChI is InChI=1S/C5H5NO.W/c7-5-3-1-2-4-6-5;/h1-4H,(H,6,7);. The van der Waals surface area contributed by atoms with Gasteiger partial charge in [0, 0.05) is 33.3 Å². The van der Waals surface area contributed by atoms with E-state index in [0.717, 1.165) is 0 Å². The molecule has 0 aromatic carbocycles. The Hall–Kier alpha value is -0.362. The SMILES string of the molecule is O=c1cccc[nH]1.[W]. The van der Waals surface area contributed by atoms with E-state index in [-0.39, 0.29) is 26.6 Å². The number of aromatic nitrogens is 1. The summed E-state index contributed by atoms with van der Waals surface area (Å²) in [5, 5.41) is 0. The molecule has 2 nitrogen and oxygen atoms in total. The molecule has 0 fully saturated rings. The molecule has 3 heteroatoms. The first-order chi connectivity index (χ1) is 3.39. The van der Waals surface area contributed by atoms with E-state index >= 15 is 0 Å². The molecule has 0 radical (unpaired) electrons. The molecule has 1 aromatic heterocycles. The first kappa shape index (κ1) is 7.64. The molecule has 0 amide bonds. The van der Waals surface area contributed by atoms with Gasteiger partial charge in [-0.1, -0.05) is 6.07 Å². The molecule has 0 aliphatic rings. The van der Waals surface area contributed by atoms with Gasteiger partial charge in [0.15, 0.2) is 0 Å². The maximum Gasteiger partial charge on any atom is 0.247 e. The van der Waals surface area contributed by atoms with Crippen molar-refractivity contribution in [2.24, 2.45) is 0 Å². The van der Waals surface area contributed by atoms with Gasteiger partial charge in [-0.15, -0.1) is 0 Å². The van der Waals surface area contributed by atoms with Crippen molar-refractivity contribution in [1.82, 2.24) is 4.98 Å². The van der Waals surface area contributed by atoms with Crippen LogP contribution in [0.1, 0.15) is 0 Å². The fourth-order valence-electron chi connectivity index (χ4n) is 0.377.